The monoisotopic (exact) mass is 234 g/mol. The first-order valence-corrected chi connectivity index (χ1v) is 4.41. The van der Waals surface area contributed by atoms with Gasteiger partial charge in [0.2, 0.25) is 0 Å². The van der Waals surface area contributed by atoms with E-state index in [0.717, 1.165) is 12.1 Å². The average molecular weight is 234 g/mol. The Morgan fingerprint density at radius 3 is 2.44 bits per heavy atom. The van der Waals surface area contributed by atoms with Gasteiger partial charge in [0.15, 0.2) is 0 Å². The van der Waals surface area contributed by atoms with Crippen molar-refractivity contribution in [3.8, 4) is 0 Å². The van der Waals surface area contributed by atoms with Crippen molar-refractivity contribution in [2.24, 2.45) is 5.73 Å². The number of hydrogen-bond donors (Lipinski definition) is 1. The van der Waals surface area contributed by atoms with Crippen LogP contribution in [0.5, 0.6) is 0 Å². The Balaban J connectivity index is 3.23. The Morgan fingerprint density at radius 1 is 1.38 bits per heavy atom. The highest BCUT2D eigenvalue weighted by Gasteiger charge is 2.32. The van der Waals surface area contributed by atoms with Crippen molar-refractivity contribution < 1.29 is 18.1 Å². The van der Waals surface area contributed by atoms with E-state index in [0.29, 0.717) is 6.07 Å². The minimum atomic E-state index is -4.58. The van der Waals surface area contributed by atoms with Gasteiger partial charge in [-0.3, -0.25) is 10.1 Å². The van der Waals surface area contributed by atoms with E-state index in [9.17, 15) is 23.3 Å². The molecule has 0 aliphatic heterocycles. The van der Waals surface area contributed by atoms with Gasteiger partial charge in [-0.15, -0.1) is 0 Å². The quantitative estimate of drug-likeness (QED) is 0.643. The molecule has 0 saturated carbocycles. The zero-order valence-electron chi connectivity index (χ0n) is 8.12. The second-order valence-electron chi connectivity index (χ2n) is 3.14. The minimum Gasteiger partial charge on any atom is -0.330 e. The van der Waals surface area contributed by atoms with Crippen LogP contribution < -0.4 is 5.73 Å². The lowest BCUT2D eigenvalue weighted by Crippen LogP contribution is -2.09. The van der Waals surface area contributed by atoms with Gasteiger partial charge in [-0.05, 0) is 19.0 Å². The maximum absolute atomic E-state index is 12.3. The molecule has 0 bridgehead atoms. The van der Waals surface area contributed by atoms with E-state index in [4.69, 9.17) is 5.73 Å². The Morgan fingerprint density at radius 2 is 2.00 bits per heavy atom. The van der Waals surface area contributed by atoms with Crippen molar-refractivity contribution in [2.45, 2.75) is 12.6 Å². The fraction of sp³-hybridized carbons (Fsp3) is 0.333. The molecule has 0 aliphatic carbocycles. The summed E-state index contributed by atoms with van der Waals surface area (Å²) in [5, 5.41) is 10.6. The molecule has 0 saturated heterocycles. The average Bonchev–Trinajstić information content (AvgIpc) is 2.16. The van der Waals surface area contributed by atoms with E-state index in [1.165, 1.54) is 0 Å². The highest BCUT2D eigenvalue weighted by Crippen LogP contribution is 2.32. The van der Waals surface area contributed by atoms with Crippen molar-refractivity contribution in [1.29, 1.82) is 0 Å². The van der Waals surface area contributed by atoms with Crippen molar-refractivity contribution in [2.75, 3.05) is 6.54 Å². The Hall–Kier alpha value is -1.63. The van der Waals surface area contributed by atoms with Crippen LogP contribution >= 0.6 is 0 Å². The fourth-order valence-electron chi connectivity index (χ4n) is 1.28. The lowest BCUT2D eigenvalue weighted by atomic mass is 10.1. The molecular formula is C9H9F3N2O2. The van der Waals surface area contributed by atoms with Crippen molar-refractivity contribution in [3.05, 3.63) is 39.4 Å². The van der Waals surface area contributed by atoms with Crippen LogP contribution in [-0.2, 0) is 12.6 Å². The highest BCUT2D eigenvalue weighted by atomic mass is 19.4. The third kappa shape index (κ3) is 2.69. The third-order valence-corrected chi connectivity index (χ3v) is 2.02. The number of nitrogens with two attached hydrogens (primary N) is 1. The Labute approximate surface area is 89.0 Å². The number of nitrogens with zero attached hydrogens (tertiary/aromatic N) is 1. The summed E-state index contributed by atoms with van der Waals surface area (Å²) < 4.78 is 36.9. The molecule has 0 atom stereocenters. The fourth-order valence-corrected chi connectivity index (χ4v) is 1.28. The molecule has 1 rings (SSSR count). The molecule has 0 heterocycles. The molecule has 88 valence electrons. The molecule has 0 unspecified atom stereocenters. The standard InChI is InChI=1S/C9H9F3N2O2/c10-9(11,12)7-2-1-6(3-4-13)8(5-7)14(15)16/h1-2,5H,3-4,13H2. The molecule has 1 aromatic rings. The zero-order valence-corrected chi connectivity index (χ0v) is 8.12. The predicted molar refractivity (Wildman–Crippen MR) is 50.9 cm³/mol. The first-order chi connectivity index (χ1) is 7.36. The van der Waals surface area contributed by atoms with Gasteiger partial charge in [0.05, 0.1) is 10.5 Å². The summed E-state index contributed by atoms with van der Waals surface area (Å²) in [4.78, 5) is 9.74. The molecule has 16 heavy (non-hydrogen) atoms. The number of benzene rings is 1. The summed E-state index contributed by atoms with van der Waals surface area (Å²) >= 11 is 0. The number of nitro groups is 1. The Bertz CT molecular complexity index is 404. The largest absolute Gasteiger partial charge is 0.416 e. The molecule has 0 aromatic heterocycles. The van der Waals surface area contributed by atoms with E-state index in [2.05, 4.69) is 0 Å². The zero-order chi connectivity index (χ0) is 12.3. The van der Waals surface area contributed by atoms with Gasteiger partial charge < -0.3 is 5.73 Å². The summed E-state index contributed by atoms with van der Waals surface area (Å²) in [6.07, 6.45) is -4.40. The summed E-state index contributed by atoms with van der Waals surface area (Å²) in [6.45, 7) is 0.145. The summed E-state index contributed by atoms with van der Waals surface area (Å²) in [5.74, 6) is 0. The lowest BCUT2D eigenvalue weighted by Gasteiger charge is -2.08. The topological polar surface area (TPSA) is 69.2 Å². The van der Waals surface area contributed by atoms with Gasteiger partial charge >= 0.3 is 6.18 Å². The summed E-state index contributed by atoms with van der Waals surface area (Å²) in [5.41, 5.74) is 3.85. The van der Waals surface area contributed by atoms with Crippen LogP contribution in [0.4, 0.5) is 18.9 Å². The first kappa shape index (κ1) is 12.4. The smallest absolute Gasteiger partial charge is 0.330 e. The number of hydrogen-bond acceptors (Lipinski definition) is 3. The molecule has 0 spiro atoms. The molecular weight excluding hydrogens is 225 g/mol. The van der Waals surface area contributed by atoms with Gasteiger partial charge in [0.1, 0.15) is 0 Å². The Kier molecular flexibility index (Phi) is 3.48. The molecule has 1 aromatic carbocycles. The highest BCUT2D eigenvalue weighted by molar-refractivity contribution is 5.44. The van der Waals surface area contributed by atoms with Crippen molar-refractivity contribution >= 4 is 5.69 Å². The lowest BCUT2D eigenvalue weighted by molar-refractivity contribution is -0.385. The van der Waals surface area contributed by atoms with Crippen LogP contribution in [0.1, 0.15) is 11.1 Å². The predicted octanol–water partition coefficient (Wildman–Crippen LogP) is 2.11. The van der Waals surface area contributed by atoms with Crippen LogP contribution in [0.25, 0.3) is 0 Å². The van der Waals surface area contributed by atoms with Crippen molar-refractivity contribution in [3.63, 3.8) is 0 Å². The second kappa shape index (κ2) is 4.48. The third-order valence-electron chi connectivity index (χ3n) is 2.02. The number of nitro benzene ring substituents is 1. The van der Waals surface area contributed by atoms with Gasteiger partial charge in [-0.25, -0.2) is 0 Å². The molecule has 0 amide bonds. The van der Waals surface area contributed by atoms with Gasteiger partial charge in [-0.1, -0.05) is 6.07 Å². The first-order valence-electron chi connectivity index (χ1n) is 4.41. The summed E-state index contributed by atoms with van der Waals surface area (Å²) in [7, 11) is 0. The number of halogens is 3. The van der Waals surface area contributed by atoms with Gasteiger partial charge in [0, 0.05) is 11.6 Å². The van der Waals surface area contributed by atoms with E-state index in [1.807, 2.05) is 0 Å². The second-order valence-corrected chi connectivity index (χ2v) is 3.14. The minimum absolute atomic E-state index is 0.145. The molecule has 4 nitrogen and oxygen atoms in total. The number of alkyl halides is 3. The normalized spacial score (nSPS) is 11.5. The number of rotatable bonds is 3. The summed E-state index contributed by atoms with van der Waals surface area (Å²) in [6, 6.07) is 2.44. The molecule has 0 fully saturated rings. The van der Waals surface area contributed by atoms with Crippen molar-refractivity contribution in [1.82, 2.24) is 0 Å². The maximum atomic E-state index is 12.3. The SMILES string of the molecule is NCCc1ccc(C(F)(F)F)cc1[N+](=O)[O-]. The van der Waals surface area contributed by atoms with Crippen LogP contribution in [-0.4, -0.2) is 11.5 Å². The van der Waals surface area contributed by atoms with E-state index < -0.39 is 22.4 Å². The molecule has 2 N–H and O–H groups in total. The van der Waals surface area contributed by atoms with Gasteiger partial charge in [0.25, 0.3) is 5.69 Å². The molecule has 0 aliphatic rings. The van der Waals surface area contributed by atoms with E-state index in [-0.39, 0.29) is 18.5 Å². The van der Waals surface area contributed by atoms with Crippen LogP contribution in [0.15, 0.2) is 18.2 Å². The van der Waals surface area contributed by atoms with E-state index in [1.54, 1.807) is 0 Å². The molecule has 7 heteroatoms. The molecule has 0 radical (unpaired) electrons. The van der Waals surface area contributed by atoms with Crippen LogP contribution in [0, 0.1) is 10.1 Å². The van der Waals surface area contributed by atoms with Gasteiger partial charge in [-0.2, -0.15) is 13.2 Å². The van der Waals surface area contributed by atoms with Crippen LogP contribution in [0.3, 0.4) is 0 Å². The van der Waals surface area contributed by atoms with E-state index >= 15 is 0 Å². The maximum Gasteiger partial charge on any atom is 0.416 e. The van der Waals surface area contributed by atoms with Crippen LogP contribution in [0.2, 0.25) is 0 Å².